The lowest BCUT2D eigenvalue weighted by atomic mass is 10.0. The number of amides is 1. The van der Waals surface area contributed by atoms with Crippen molar-refractivity contribution < 1.29 is 9.53 Å². The molecule has 1 aliphatic rings. The summed E-state index contributed by atoms with van der Waals surface area (Å²) in [6.45, 7) is 1.86. The van der Waals surface area contributed by atoms with Crippen molar-refractivity contribution in [2.45, 2.75) is 25.8 Å². The number of methoxy groups -OCH3 is 1. The Balaban J connectivity index is 1.82. The lowest BCUT2D eigenvalue weighted by Crippen LogP contribution is -2.30. The average molecular weight is 334 g/mol. The molecule has 25 heavy (non-hydrogen) atoms. The molecule has 3 rings (SSSR count). The van der Waals surface area contributed by atoms with Gasteiger partial charge >= 0.3 is 0 Å². The van der Waals surface area contributed by atoms with Crippen LogP contribution in [-0.4, -0.2) is 29.8 Å². The monoisotopic (exact) mass is 334 g/mol. The van der Waals surface area contributed by atoms with Gasteiger partial charge in [0.05, 0.1) is 18.9 Å². The molecule has 0 fully saturated rings. The largest absolute Gasteiger partial charge is 0.497 e. The zero-order valence-electron chi connectivity index (χ0n) is 14.6. The molecule has 2 aromatic carbocycles. The fourth-order valence-corrected chi connectivity index (χ4v) is 2.83. The van der Waals surface area contributed by atoms with Gasteiger partial charge in [-0.3, -0.25) is 4.79 Å². The maximum atomic E-state index is 12.3. The maximum Gasteiger partial charge on any atom is 0.242 e. The van der Waals surface area contributed by atoms with Gasteiger partial charge in [-0.2, -0.15) is 5.10 Å². The van der Waals surface area contributed by atoms with Crippen molar-refractivity contribution in [3.63, 3.8) is 0 Å². The minimum Gasteiger partial charge on any atom is -0.497 e. The van der Waals surface area contributed by atoms with E-state index in [1.807, 2.05) is 67.6 Å². The van der Waals surface area contributed by atoms with Crippen LogP contribution in [0.5, 0.6) is 5.75 Å². The summed E-state index contributed by atoms with van der Waals surface area (Å²) < 4.78 is 5.20. The first-order valence-corrected chi connectivity index (χ1v) is 8.48. The van der Waals surface area contributed by atoms with E-state index in [-0.39, 0.29) is 11.9 Å². The second kappa shape index (κ2) is 7.79. The first-order chi connectivity index (χ1) is 12.2. The zero-order chi connectivity index (χ0) is 17.6. The van der Waals surface area contributed by atoms with E-state index in [1.165, 1.54) is 0 Å². The summed E-state index contributed by atoms with van der Waals surface area (Å²) >= 11 is 0. The maximum absolute atomic E-state index is 12.3. The van der Waals surface area contributed by atoms with Gasteiger partial charge in [0.15, 0.2) is 0 Å². The minimum absolute atomic E-state index is 0.0335. The molecule has 0 spiro atoms. The summed E-state index contributed by atoms with van der Waals surface area (Å²) in [7, 11) is 1.65. The highest BCUT2D eigenvalue weighted by molar-refractivity contribution is 6.03. The molecular formula is C21H22N2O2. The van der Waals surface area contributed by atoms with Gasteiger partial charge in [-0.15, -0.1) is 0 Å². The van der Waals surface area contributed by atoms with E-state index in [0.717, 1.165) is 22.6 Å². The number of carbonyl (C=O) groups is 1. The number of hydrogen-bond acceptors (Lipinski definition) is 3. The number of benzene rings is 2. The molecule has 0 saturated carbocycles. The number of ether oxygens (including phenoxy) is 1. The quantitative estimate of drug-likeness (QED) is 0.825. The van der Waals surface area contributed by atoms with Crippen LogP contribution in [-0.2, 0) is 4.79 Å². The second-order valence-electron chi connectivity index (χ2n) is 5.91. The van der Waals surface area contributed by atoms with Gasteiger partial charge < -0.3 is 4.74 Å². The third kappa shape index (κ3) is 3.97. The van der Waals surface area contributed by atoms with Crippen molar-refractivity contribution >= 4 is 17.7 Å². The predicted molar refractivity (Wildman–Crippen MR) is 101 cm³/mol. The molecule has 2 aromatic rings. The number of nitrogens with zero attached hydrogens (tertiary/aromatic N) is 2. The lowest BCUT2D eigenvalue weighted by molar-refractivity contribution is -0.131. The van der Waals surface area contributed by atoms with Crippen LogP contribution in [0.15, 0.2) is 65.8 Å². The SMILES string of the molecule is CCC(=O)N1N=C(c2ccc(OC)cc2)CC1/C=C/c1ccccc1. The number of hydrazone groups is 1. The third-order valence-electron chi connectivity index (χ3n) is 4.24. The standard InChI is InChI=1S/C21H22N2O2/c1-3-21(24)23-18(12-9-16-7-5-4-6-8-16)15-20(22-23)17-10-13-19(25-2)14-11-17/h4-14,18H,3,15H2,1-2H3/b12-9+. The Kier molecular flexibility index (Phi) is 5.29. The van der Waals surface area contributed by atoms with Crippen LogP contribution in [0, 0.1) is 0 Å². The molecule has 1 aliphatic heterocycles. The first kappa shape index (κ1) is 17.0. The van der Waals surface area contributed by atoms with Crippen LogP contribution in [0.1, 0.15) is 30.9 Å². The van der Waals surface area contributed by atoms with Crippen LogP contribution < -0.4 is 4.74 Å². The van der Waals surface area contributed by atoms with Gasteiger partial charge in [-0.1, -0.05) is 49.4 Å². The second-order valence-corrected chi connectivity index (χ2v) is 5.91. The summed E-state index contributed by atoms with van der Waals surface area (Å²) in [4.78, 5) is 12.3. The van der Waals surface area contributed by atoms with Gasteiger partial charge in [-0.25, -0.2) is 5.01 Å². The first-order valence-electron chi connectivity index (χ1n) is 8.48. The smallest absolute Gasteiger partial charge is 0.242 e. The summed E-state index contributed by atoms with van der Waals surface area (Å²) in [6, 6.07) is 17.8. The predicted octanol–water partition coefficient (Wildman–Crippen LogP) is 4.12. The van der Waals surface area contributed by atoms with Crippen molar-refractivity contribution in [3.8, 4) is 5.75 Å². The molecule has 0 N–H and O–H groups in total. The Morgan fingerprint density at radius 1 is 1.20 bits per heavy atom. The van der Waals surface area contributed by atoms with Crippen LogP contribution in [0.3, 0.4) is 0 Å². The van der Waals surface area contributed by atoms with Gasteiger partial charge in [0.2, 0.25) is 5.91 Å². The molecule has 128 valence electrons. The Labute approximate surface area is 148 Å². The molecule has 0 aliphatic carbocycles. The summed E-state index contributed by atoms with van der Waals surface area (Å²) in [5.74, 6) is 0.843. The van der Waals surface area contributed by atoms with Crippen molar-refractivity contribution in [2.75, 3.05) is 7.11 Å². The highest BCUT2D eigenvalue weighted by atomic mass is 16.5. The number of rotatable bonds is 5. The fourth-order valence-electron chi connectivity index (χ4n) is 2.83. The molecule has 4 nitrogen and oxygen atoms in total. The van der Waals surface area contributed by atoms with E-state index in [4.69, 9.17) is 4.74 Å². The van der Waals surface area contributed by atoms with Crippen molar-refractivity contribution in [1.82, 2.24) is 5.01 Å². The third-order valence-corrected chi connectivity index (χ3v) is 4.24. The summed E-state index contributed by atoms with van der Waals surface area (Å²) in [6.07, 6.45) is 5.26. The Bertz CT molecular complexity index is 779. The van der Waals surface area contributed by atoms with Gasteiger partial charge in [0.25, 0.3) is 0 Å². The molecule has 0 aromatic heterocycles. The van der Waals surface area contributed by atoms with E-state index < -0.39 is 0 Å². The molecule has 1 heterocycles. The van der Waals surface area contributed by atoms with E-state index in [9.17, 15) is 4.79 Å². The van der Waals surface area contributed by atoms with Crippen LogP contribution in [0.4, 0.5) is 0 Å². The normalized spacial score (nSPS) is 17.0. The Morgan fingerprint density at radius 3 is 2.56 bits per heavy atom. The van der Waals surface area contributed by atoms with Crippen molar-refractivity contribution in [2.24, 2.45) is 5.10 Å². The molecular weight excluding hydrogens is 312 g/mol. The molecule has 1 unspecified atom stereocenters. The Hall–Kier alpha value is -2.88. The minimum atomic E-state index is -0.0512. The molecule has 1 atom stereocenters. The summed E-state index contributed by atoms with van der Waals surface area (Å²) in [5.41, 5.74) is 3.06. The van der Waals surface area contributed by atoms with Gasteiger partial charge in [-0.05, 0) is 35.4 Å². The molecule has 0 saturated heterocycles. The zero-order valence-corrected chi connectivity index (χ0v) is 14.6. The van der Waals surface area contributed by atoms with E-state index in [2.05, 4.69) is 11.2 Å². The van der Waals surface area contributed by atoms with Crippen molar-refractivity contribution in [3.05, 3.63) is 71.8 Å². The van der Waals surface area contributed by atoms with E-state index in [0.29, 0.717) is 12.8 Å². The fraction of sp³-hybridized carbons (Fsp3) is 0.238. The number of hydrogen-bond donors (Lipinski definition) is 0. The van der Waals surface area contributed by atoms with Crippen molar-refractivity contribution in [1.29, 1.82) is 0 Å². The average Bonchev–Trinajstić information content (AvgIpc) is 3.11. The lowest BCUT2D eigenvalue weighted by Gasteiger charge is -2.17. The molecule has 1 amide bonds. The van der Waals surface area contributed by atoms with E-state index in [1.54, 1.807) is 12.1 Å². The molecule has 4 heteroatoms. The highest BCUT2D eigenvalue weighted by Gasteiger charge is 2.29. The van der Waals surface area contributed by atoms with Crippen LogP contribution >= 0.6 is 0 Å². The number of carbonyl (C=O) groups excluding carboxylic acids is 1. The van der Waals surface area contributed by atoms with Crippen LogP contribution in [0.2, 0.25) is 0 Å². The topological polar surface area (TPSA) is 41.9 Å². The molecule has 0 radical (unpaired) electrons. The van der Waals surface area contributed by atoms with Crippen LogP contribution in [0.25, 0.3) is 6.08 Å². The van der Waals surface area contributed by atoms with Gasteiger partial charge in [0, 0.05) is 12.8 Å². The van der Waals surface area contributed by atoms with Gasteiger partial charge in [0.1, 0.15) is 5.75 Å². The molecule has 0 bridgehead atoms. The van der Waals surface area contributed by atoms with E-state index >= 15 is 0 Å². The highest BCUT2D eigenvalue weighted by Crippen LogP contribution is 2.24. The summed E-state index contributed by atoms with van der Waals surface area (Å²) in [5, 5.41) is 6.20. The Morgan fingerprint density at radius 2 is 1.92 bits per heavy atom.